The number of thiophene rings is 2. The summed E-state index contributed by atoms with van der Waals surface area (Å²) >= 11 is 4.24. The van der Waals surface area contributed by atoms with Gasteiger partial charge in [0.2, 0.25) is 0 Å². The van der Waals surface area contributed by atoms with Gasteiger partial charge in [0.25, 0.3) is 11.8 Å². The summed E-state index contributed by atoms with van der Waals surface area (Å²) in [6.07, 6.45) is 1.28. The first-order valence-corrected chi connectivity index (χ1v) is 16.4. The number of nitrogens with zero attached hydrogens (tertiary/aromatic N) is 5. The zero-order chi connectivity index (χ0) is 29.6. The Morgan fingerprint density at radius 3 is 2.49 bits per heavy atom. The highest BCUT2D eigenvalue weighted by molar-refractivity contribution is 7.99. The van der Waals surface area contributed by atoms with E-state index in [0.29, 0.717) is 28.8 Å². The molecule has 0 aliphatic carbocycles. The molecule has 2 amide bonds. The number of benzene rings is 2. The lowest BCUT2D eigenvalue weighted by Gasteiger charge is -2.22. The summed E-state index contributed by atoms with van der Waals surface area (Å²) in [6.45, 7) is 0.792. The van der Waals surface area contributed by atoms with E-state index in [1.807, 2.05) is 51.7 Å². The van der Waals surface area contributed by atoms with Crippen LogP contribution in [0.1, 0.15) is 44.0 Å². The molecule has 218 valence electrons. The largest absolute Gasteiger partial charge is 0.344 e. The summed E-state index contributed by atoms with van der Waals surface area (Å²) in [5, 5.41) is 22.3. The van der Waals surface area contributed by atoms with E-state index in [2.05, 4.69) is 27.6 Å². The van der Waals surface area contributed by atoms with E-state index in [-0.39, 0.29) is 36.0 Å². The van der Waals surface area contributed by atoms with Crippen molar-refractivity contribution in [3.63, 3.8) is 0 Å². The Kier molecular flexibility index (Phi) is 9.06. The van der Waals surface area contributed by atoms with Gasteiger partial charge in [-0.25, -0.2) is 9.40 Å². The molecule has 2 aromatic carbocycles. The van der Waals surface area contributed by atoms with Gasteiger partial charge in [0.05, 0.1) is 33.8 Å². The molecule has 1 aliphatic heterocycles. The van der Waals surface area contributed by atoms with Crippen molar-refractivity contribution in [3.8, 4) is 0 Å². The lowest BCUT2D eigenvalue weighted by molar-refractivity contribution is -0.130. The molecule has 0 saturated heterocycles. The van der Waals surface area contributed by atoms with Crippen LogP contribution in [0, 0.1) is 5.82 Å². The highest BCUT2D eigenvalue weighted by Crippen LogP contribution is 2.34. The molecule has 0 spiro atoms. The number of thioether (sulfide) groups is 1. The standard InChI is InChI=1S/C31H27FN6O2S3/c32-23-12-10-22(11-13-23)25-18-24(26-8-4-16-41-26)36-38(25)29(39)20-43-31-35-34-28(19-33-30(40)27-9-5-17-42-27)37(31)15-14-21-6-2-1-3-7-21/h1-13,16-17,25H,14-15,18-20H2,(H,33,40)/t25-/m1/s1. The van der Waals surface area contributed by atoms with E-state index < -0.39 is 0 Å². The minimum Gasteiger partial charge on any atom is -0.344 e. The predicted molar refractivity (Wildman–Crippen MR) is 168 cm³/mol. The van der Waals surface area contributed by atoms with Crippen LogP contribution in [0.15, 0.2) is 99.9 Å². The molecule has 5 aromatic rings. The number of carbonyl (C=O) groups is 2. The Hall–Kier alpha value is -4.13. The van der Waals surface area contributed by atoms with Crippen LogP contribution in [0.3, 0.4) is 0 Å². The number of rotatable bonds is 11. The topological polar surface area (TPSA) is 92.5 Å². The van der Waals surface area contributed by atoms with E-state index in [9.17, 15) is 14.0 Å². The number of hydrogen-bond acceptors (Lipinski definition) is 8. The smallest absolute Gasteiger partial charge is 0.261 e. The molecule has 1 N–H and O–H groups in total. The van der Waals surface area contributed by atoms with Crippen LogP contribution < -0.4 is 5.32 Å². The monoisotopic (exact) mass is 630 g/mol. The normalized spacial score (nSPS) is 14.6. The van der Waals surface area contributed by atoms with E-state index in [0.717, 1.165) is 28.1 Å². The number of aromatic nitrogens is 3. The van der Waals surface area contributed by atoms with Gasteiger partial charge in [-0.2, -0.15) is 5.10 Å². The van der Waals surface area contributed by atoms with Gasteiger partial charge in [0.1, 0.15) is 5.82 Å². The Morgan fingerprint density at radius 2 is 1.74 bits per heavy atom. The first-order valence-electron chi connectivity index (χ1n) is 13.6. The molecule has 8 nitrogen and oxygen atoms in total. The third-order valence-electron chi connectivity index (χ3n) is 6.96. The molecular weight excluding hydrogens is 604 g/mol. The third-order valence-corrected chi connectivity index (χ3v) is 9.70. The van der Waals surface area contributed by atoms with Gasteiger partial charge in [-0.15, -0.1) is 32.9 Å². The van der Waals surface area contributed by atoms with Crippen molar-refractivity contribution >= 4 is 52.0 Å². The van der Waals surface area contributed by atoms with E-state index in [1.165, 1.54) is 40.2 Å². The van der Waals surface area contributed by atoms with Gasteiger partial charge in [0, 0.05) is 13.0 Å². The lowest BCUT2D eigenvalue weighted by atomic mass is 10.0. The SMILES string of the molecule is O=C(NCc1nnc(SCC(=O)N2N=C(c3cccs3)C[C@@H]2c2ccc(F)cc2)n1CCc1ccccc1)c1cccs1. The van der Waals surface area contributed by atoms with Crippen LogP contribution in [0.2, 0.25) is 0 Å². The summed E-state index contributed by atoms with van der Waals surface area (Å²) in [5.74, 6) is 0.0171. The molecule has 1 atom stereocenters. The summed E-state index contributed by atoms with van der Waals surface area (Å²) in [7, 11) is 0. The number of nitrogens with one attached hydrogen (secondary N) is 1. The molecule has 12 heteroatoms. The molecule has 0 radical (unpaired) electrons. The fourth-order valence-electron chi connectivity index (χ4n) is 4.79. The third kappa shape index (κ3) is 6.93. The van der Waals surface area contributed by atoms with Gasteiger partial charge < -0.3 is 9.88 Å². The van der Waals surface area contributed by atoms with Crippen LogP contribution in [0.25, 0.3) is 0 Å². The highest BCUT2D eigenvalue weighted by Gasteiger charge is 2.33. The number of aryl methyl sites for hydroxylation is 1. The number of halogens is 1. The second-order valence-corrected chi connectivity index (χ2v) is 12.6. The second-order valence-electron chi connectivity index (χ2n) is 9.77. The van der Waals surface area contributed by atoms with Crippen LogP contribution in [-0.4, -0.2) is 43.1 Å². The van der Waals surface area contributed by atoms with Crippen molar-refractivity contribution in [1.82, 2.24) is 25.1 Å². The quantitative estimate of drug-likeness (QED) is 0.176. The molecule has 6 rings (SSSR count). The minimum atomic E-state index is -0.329. The van der Waals surface area contributed by atoms with Gasteiger partial charge >= 0.3 is 0 Å². The van der Waals surface area contributed by atoms with Crippen molar-refractivity contribution in [2.75, 3.05) is 5.75 Å². The molecule has 0 saturated carbocycles. The fraction of sp³-hybridized carbons (Fsp3) is 0.194. The zero-order valence-electron chi connectivity index (χ0n) is 22.9. The van der Waals surface area contributed by atoms with Crippen molar-refractivity contribution in [2.45, 2.75) is 37.1 Å². The van der Waals surface area contributed by atoms with Gasteiger partial charge in [-0.3, -0.25) is 9.59 Å². The van der Waals surface area contributed by atoms with Crippen molar-refractivity contribution in [1.29, 1.82) is 0 Å². The van der Waals surface area contributed by atoms with Crippen LogP contribution in [0.5, 0.6) is 0 Å². The van der Waals surface area contributed by atoms with Crippen molar-refractivity contribution in [3.05, 3.63) is 122 Å². The minimum absolute atomic E-state index is 0.0872. The molecule has 0 bridgehead atoms. The molecule has 3 aromatic heterocycles. The van der Waals surface area contributed by atoms with E-state index in [4.69, 9.17) is 5.10 Å². The summed E-state index contributed by atoms with van der Waals surface area (Å²) < 4.78 is 15.6. The predicted octanol–water partition coefficient (Wildman–Crippen LogP) is 6.18. The Morgan fingerprint density at radius 1 is 0.953 bits per heavy atom. The average molecular weight is 631 g/mol. The molecule has 0 unspecified atom stereocenters. The fourth-order valence-corrected chi connectivity index (χ4v) is 6.99. The number of amides is 2. The molecule has 0 fully saturated rings. The summed E-state index contributed by atoms with van der Waals surface area (Å²) in [5.41, 5.74) is 2.81. The van der Waals surface area contributed by atoms with E-state index in [1.54, 1.807) is 29.5 Å². The van der Waals surface area contributed by atoms with Crippen molar-refractivity contribution in [2.24, 2.45) is 5.10 Å². The van der Waals surface area contributed by atoms with Crippen molar-refractivity contribution < 1.29 is 14.0 Å². The number of hydrogen-bond donors (Lipinski definition) is 1. The maximum absolute atomic E-state index is 13.7. The molecule has 43 heavy (non-hydrogen) atoms. The van der Waals surface area contributed by atoms with Crippen LogP contribution >= 0.6 is 34.4 Å². The maximum Gasteiger partial charge on any atom is 0.261 e. The Bertz CT molecular complexity index is 1700. The van der Waals surface area contributed by atoms with E-state index >= 15 is 0 Å². The summed E-state index contributed by atoms with van der Waals surface area (Å²) in [6, 6.07) is 23.5. The molecule has 1 aliphatic rings. The zero-order valence-corrected chi connectivity index (χ0v) is 25.4. The number of carbonyl (C=O) groups excluding carboxylic acids is 2. The Labute approximate surface area is 260 Å². The lowest BCUT2D eigenvalue weighted by Crippen LogP contribution is -2.28. The van der Waals surface area contributed by atoms with Gasteiger partial charge in [-0.1, -0.05) is 66.4 Å². The maximum atomic E-state index is 13.7. The van der Waals surface area contributed by atoms with Crippen LogP contribution in [0.4, 0.5) is 4.39 Å². The summed E-state index contributed by atoms with van der Waals surface area (Å²) in [4.78, 5) is 27.8. The number of hydrazone groups is 1. The van der Waals surface area contributed by atoms with Gasteiger partial charge in [0.15, 0.2) is 11.0 Å². The highest BCUT2D eigenvalue weighted by atomic mass is 32.2. The molecule has 4 heterocycles. The first-order chi connectivity index (χ1) is 21.0. The average Bonchev–Trinajstić information content (AvgIpc) is 3.85. The Balaban J connectivity index is 1.19. The second kappa shape index (κ2) is 13.4. The first kappa shape index (κ1) is 29.0. The van der Waals surface area contributed by atoms with Gasteiger partial charge in [-0.05, 0) is 52.6 Å². The van der Waals surface area contributed by atoms with Crippen LogP contribution in [-0.2, 0) is 24.3 Å². The molecular formula is C31H27FN6O2S3.